The van der Waals surface area contributed by atoms with Crippen molar-refractivity contribution in [1.82, 2.24) is 24.8 Å². The number of hydrogen-bond acceptors (Lipinski definition) is 6. The van der Waals surface area contributed by atoms with Crippen molar-refractivity contribution in [2.24, 2.45) is 0 Å². The van der Waals surface area contributed by atoms with Gasteiger partial charge in [0.2, 0.25) is 5.88 Å². The zero-order valence-electron chi connectivity index (χ0n) is 14.5. The van der Waals surface area contributed by atoms with Crippen LogP contribution in [-0.4, -0.2) is 51.1 Å². The summed E-state index contributed by atoms with van der Waals surface area (Å²) in [5.74, 6) is 1.09. The fourth-order valence-corrected chi connectivity index (χ4v) is 3.13. The summed E-state index contributed by atoms with van der Waals surface area (Å²) in [5.41, 5.74) is 1.55. The average molecular weight is 357 g/mol. The summed E-state index contributed by atoms with van der Waals surface area (Å²) >= 11 is 0. The molecule has 7 nitrogen and oxygen atoms in total. The minimum absolute atomic E-state index is 0.0164. The van der Waals surface area contributed by atoms with Gasteiger partial charge in [-0.3, -0.25) is 4.90 Å². The number of aromatic amines is 1. The second kappa shape index (κ2) is 7.25. The number of H-pyrrole nitrogens is 1. The molecule has 0 unspecified atom stereocenters. The van der Waals surface area contributed by atoms with E-state index in [1.807, 2.05) is 12.1 Å². The van der Waals surface area contributed by atoms with Gasteiger partial charge in [0.1, 0.15) is 11.9 Å². The Morgan fingerprint density at radius 1 is 1.23 bits per heavy atom. The maximum absolute atomic E-state index is 13.6. The molecule has 1 saturated heterocycles. The molecule has 0 saturated carbocycles. The van der Waals surface area contributed by atoms with E-state index in [9.17, 15) is 4.39 Å². The molecular formula is C18H20FN5O2. The predicted octanol–water partition coefficient (Wildman–Crippen LogP) is 2.54. The third-order valence-corrected chi connectivity index (χ3v) is 4.49. The maximum atomic E-state index is 13.6. The maximum Gasteiger partial charge on any atom is 0.250 e. The Bertz CT molecular complexity index is 892. The minimum Gasteiger partial charge on any atom is -0.481 e. The van der Waals surface area contributed by atoms with Crippen LogP contribution in [-0.2, 0) is 6.54 Å². The normalized spacial score (nSPS) is 16.1. The molecule has 0 radical (unpaired) electrons. The lowest BCUT2D eigenvalue weighted by Crippen LogP contribution is -2.38. The van der Waals surface area contributed by atoms with Gasteiger partial charge in [-0.15, -0.1) is 0 Å². The number of imidazole rings is 1. The number of hydrogen-bond donors (Lipinski definition) is 1. The van der Waals surface area contributed by atoms with Gasteiger partial charge in [0.05, 0.1) is 19.2 Å². The number of pyridine rings is 2. The number of rotatable bonds is 5. The lowest BCUT2D eigenvalue weighted by molar-refractivity contribution is 0.0885. The van der Waals surface area contributed by atoms with Crippen molar-refractivity contribution in [2.45, 2.75) is 25.5 Å². The number of nitrogens with one attached hydrogen (secondary N) is 1. The lowest BCUT2D eigenvalue weighted by atomic mass is 10.1. The molecule has 8 heteroatoms. The summed E-state index contributed by atoms with van der Waals surface area (Å²) in [4.78, 5) is 18.4. The molecule has 1 aliphatic heterocycles. The fraction of sp³-hybridized carbons (Fsp3) is 0.389. The van der Waals surface area contributed by atoms with Crippen LogP contribution in [0, 0.1) is 5.82 Å². The monoisotopic (exact) mass is 357 g/mol. The van der Waals surface area contributed by atoms with Gasteiger partial charge >= 0.3 is 0 Å². The zero-order valence-corrected chi connectivity index (χ0v) is 14.5. The van der Waals surface area contributed by atoms with Crippen LogP contribution in [0.5, 0.6) is 11.8 Å². The molecule has 0 amide bonds. The lowest BCUT2D eigenvalue weighted by Gasteiger charge is -2.31. The number of ether oxygens (including phenoxy) is 2. The topological polar surface area (TPSA) is 76.2 Å². The third-order valence-electron chi connectivity index (χ3n) is 4.49. The van der Waals surface area contributed by atoms with Crippen LogP contribution in [0.4, 0.5) is 4.39 Å². The summed E-state index contributed by atoms with van der Waals surface area (Å²) in [6.45, 7) is 2.42. The highest BCUT2D eigenvalue weighted by molar-refractivity contribution is 5.71. The number of halogens is 1. The van der Waals surface area contributed by atoms with E-state index >= 15 is 0 Å². The van der Waals surface area contributed by atoms with Gasteiger partial charge in [0.25, 0.3) is 5.88 Å². The molecule has 0 spiro atoms. The second-order valence-corrected chi connectivity index (χ2v) is 6.29. The smallest absolute Gasteiger partial charge is 0.250 e. The first-order chi connectivity index (χ1) is 12.7. The summed E-state index contributed by atoms with van der Waals surface area (Å²) in [5, 5.41) is 0. The van der Waals surface area contributed by atoms with Crippen LogP contribution in [0.1, 0.15) is 18.7 Å². The largest absolute Gasteiger partial charge is 0.481 e. The number of piperidine rings is 1. The van der Waals surface area contributed by atoms with Gasteiger partial charge in [0, 0.05) is 25.4 Å². The van der Waals surface area contributed by atoms with Gasteiger partial charge in [0.15, 0.2) is 11.5 Å². The van der Waals surface area contributed by atoms with E-state index < -0.39 is 5.82 Å². The van der Waals surface area contributed by atoms with Crippen molar-refractivity contribution in [3.8, 4) is 11.8 Å². The summed E-state index contributed by atoms with van der Waals surface area (Å²) in [7, 11) is 1.59. The van der Waals surface area contributed by atoms with E-state index in [0.29, 0.717) is 18.1 Å². The van der Waals surface area contributed by atoms with E-state index in [4.69, 9.17) is 9.47 Å². The molecule has 0 aliphatic carbocycles. The molecule has 3 aromatic heterocycles. The van der Waals surface area contributed by atoms with E-state index in [2.05, 4.69) is 24.8 Å². The molecule has 3 aromatic rings. The standard InChI is InChI=1S/C18H20FN5O2/c1-25-16-5-4-14-17(23-16)22-15(21-14)11-24-9-6-12(7-10-24)26-18-13(19)3-2-8-20-18/h2-5,8,12H,6-7,9-11H2,1H3,(H,21,22,23). The van der Waals surface area contributed by atoms with Crippen molar-refractivity contribution in [3.05, 3.63) is 42.1 Å². The molecule has 26 heavy (non-hydrogen) atoms. The van der Waals surface area contributed by atoms with Crippen molar-refractivity contribution in [3.63, 3.8) is 0 Å². The third kappa shape index (κ3) is 3.60. The first-order valence-electron chi connectivity index (χ1n) is 8.60. The first kappa shape index (κ1) is 16.7. The molecule has 136 valence electrons. The summed E-state index contributed by atoms with van der Waals surface area (Å²) in [6.07, 6.45) is 3.17. The first-order valence-corrected chi connectivity index (χ1v) is 8.60. The second-order valence-electron chi connectivity index (χ2n) is 6.29. The van der Waals surface area contributed by atoms with Gasteiger partial charge in [-0.25, -0.2) is 14.4 Å². The fourth-order valence-electron chi connectivity index (χ4n) is 3.13. The molecule has 0 bridgehead atoms. The van der Waals surface area contributed by atoms with Gasteiger partial charge < -0.3 is 14.5 Å². The number of aromatic nitrogens is 4. The molecule has 4 heterocycles. The van der Waals surface area contributed by atoms with E-state index in [-0.39, 0.29) is 12.0 Å². The number of likely N-dealkylation sites (tertiary alicyclic amines) is 1. The molecule has 0 aromatic carbocycles. The zero-order chi connectivity index (χ0) is 17.9. The van der Waals surface area contributed by atoms with E-state index in [0.717, 1.165) is 37.3 Å². The van der Waals surface area contributed by atoms with Crippen LogP contribution in [0.2, 0.25) is 0 Å². The Morgan fingerprint density at radius 2 is 2.08 bits per heavy atom. The molecule has 1 aliphatic rings. The van der Waals surface area contributed by atoms with Gasteiger partial charge in [-0.05, 0) is 31.0 Å². The van der Waals surface area contributed by atoms with Crippen molar-refractivity contribution < 1.29 is 13.9 Å². The van der Waals surface area contributed by atoms with Crippen LogP contribution in [0.25, 0.3) is 11.2 Å². The molecule has 1 fully saturated rings. The summed E-state index contributed by atoms with van der Waals surface area (Å²) in [6, 6.07) is 6.65. The predicted molar refractivity (Wildman–Crippen MR) is 93.6 cm³/mol. The Labute approximate surface area is 150 Å². The number of methoxy groups -OCH3 is 1. The highest BCUT2D eigenvalue weighted by atomic mass is 19.1. The van der Waals surface area contributed by atoms with Gasteiger partial charge in [-0.1, -0.05) is 0 Å². The Balaban J connectivity index is 1.34. The van der Waals surface area contributed by atoms with Crippen LogP contribution < -0.4 is 9.47 Å². The number of fused-ring (bicyclic) bond motifs is 1. The Morgan fingerprint density at radius 3 is 2.85 bits per heavy atom. The molecular weight excluding hydrogens is 337 g/mol. The van der Waals surface area contributed by atoms with Crippen LogP contribution in [0.3, 0.4) is 0 Å². The minimum atomic E-state index is -0.417. The number of nitrogens with zero attached hydrogens (tertiary/aromatic N) is 4. The molecule has 0 atom stereocenters. The highest BCUT2D eigenvalue weighted by Crippen LogP contribution is 2.21. The summed E-state index contributed by atoms with van der Waals surface area (Å²) < 4.78 is 24.5. The average Bonchev–Trinajstić information content (AvgIpc) is 3.06. The van der Waals surface area contributed by atoms with E-state index in [1.165, 1.54) is 12.3 Å². The highest BCUT2D eigenvalue weighted by Gasteiger charge is 2.22. The molecule has 4 rings (SSSR count). The quantitative estimate of drug-likeness (QED) is 0.756. The van der Waals surface area contributed by atoms with Crippen LogP contribution in [0.15, 0.2) is 30.5 Å². The van der Waals surface area contributed by atoms with Crippen molar-refractivity contribution in [2.75, 3.05) is 20.2 Å². The van der Waals surface area contributed by atoms with Crippen LogP contribution >= 0.6 is 0 Å². The van der Waals surface area contributed by atoms with Crippen molar-refractivity contribution in [1.29, 1.82) is 0 Å². The van der Waals surface area contributed by atoms with Crippen molar-refractivity contribution >= 4 is 11.2 Å². The molecule has 1 N–H and O–H groups in total. The SMILES string of the molecule is COc1ccc2[nH]c(CN3CCC(Oc4ncccc4F)CC3)nc2n1. The van der Waals surface area contributed by atoms with E-state index in [1.54, 1.807) is 13.2 Å². The Kier molecular flexibility index (Phi) is 4.66. The van der Waals surface area contributed by atoms with Gasteiger partial charge in [-0.2, -0.15) is 4.98 Å². The Hall–Kier alpha value is -2.74.